The number of nitrogens with zero attached hydrogens (tertiary/aromatic N) is 1. The highest BCUT2D eigenvalue weighted by Crippen LogP contribution is 2.24. The van der Waals surface area contributed by atoms with Crippen LogP contribution in [0.5, 0.6) is 5.75 Å². The first-order valence-corrected chi connectivity index (χ1v) is 8.12. The number of nitrogens with two attached hydrogens (primary N) is 1. The number of ether oxygens (including phenoxy) is 1. The average molecular weight is 282 g/mol. The van der Waals surface area contributed by atoms with Gasteiger partial charge in [0.05, 0.1) is 7.11 Å². The number of benzene rings is 1. The first-order chi connectivity index (χ1) is 9.17. The highest BCUT2D eigenvalue weighted by Gasteiger charge is 2.21. The molecule has 1 aromatic carbocycles. The molecule has 0 aromatic heterocycles. The third-order valence-electron chi connectivity index (χ3n) is 3.62. The van der Waals surface area contributed by atoms with E-state index in [-0.39, 0.29) is 6.04 Å². The first-order valence-electron chi connectivity index (χ1n) is 6.72. The Balaban J connectivity index is 2.85. The molecule has 2 unspecified atom stereocenters. The van der Waals surface area contributed by atoms with Crippen LogP contribution in [-0.4, -0.2) is 43.7 Å². The van der Waals surface area contributed by atoms with Crippen molar-refractivity contribution in [3.05, 3.63) is 29.8 Å². The van der Waals surface area contributed by atoms with E-state index in [1.807, 2.05) is 23.9 Å². The highest BCUT2D eigenvalue weighted by atomic mass is 32.2. The van der Waals surface area contributed by atoms with Crippen molar-refractivity contribution in [3.8, 4) is 5.75 Å². The minimum atomic E-state index is 0.267. The number of hydrogen-bond acceptors (Lipinski definition) is 4. The molecule has 4 heteroatoms. The third kappa shape index (κ3) is 4.41. The van der Waals surface area contributed by atoms with Gasteiger partial charge in [0, 0.05) is 24.4 Å². The lowest BCUT2D eigenvalue weighted by atomic mass is 10.0. The third-order valence-corrected chi connectivity index (χ3v) is 4.34. The molecule has 108 valence electrons. The molecule has 0 aliphatic rings. The number of rotatable bonds is 8. The number of thioether (sulfide) groups is 1. The van der Waals surface area contributed by atoms with Crippen LogP contribution in [0, 0.1) is 0 Å². The molecular weight excluding hydrogens is 256 g/mol. The van der Waals surface area contributed by atoms with E-state index >= 15 is 0 Å². The van der Waals surface area contributed by atoms with Crippen LogP contribution in [0.1, 0.15) is 24.9 Å². The SMILES string of the molecule is CCC(CSC)N(C)C(CN)c1ccc(OC)cc1. The zero-order valence-electron chi connectivity index (χ0n) is 12.4. The molecule has 1 aromatic rings. The summed E-state index contributed by atoms with van der Waals surface area (Å²) in [6, 6.07) is 9.05. The molecule has 0 aliphatic heterocycles. The Labute approximate surface area is 121 Å². The lowest BCUT2D eigenvalue weighted by molar-refractivity contribution is 0.188. The molecule has 0 saturated carbocycles. The molecule has 0 fully saturated rings. The quantitative estimate of drug-likeness (QED) is 0.796. The van der Waals surface area contributed by atoms with Crippen molar-refractivity contribution in [3.63, 3.8) is 0 Å². The van der Waals surface area contributed by atoms with Crippen LogP contribution in [0.3, 0.4) is 0 Å². The van der Waals surface area contributed by atoms with Crippen LogP contribution in [0.25, 0.3) is 0 Å². The summed E-state index contributed by atoms with van der Waals surface area (Å²) in [5.74, 6) is 2.03. The summed E-state index contributed by atoms with van der Waals surface area (Å²) in [7, 11) is 3.86. The second-order valence-corrected chi connectivity index (χ2v) is 5.62. The Kier molecular flexibility index (Phi) is 7.28. The van der Waals surface area contributed by atoms with Crippen molar-refractivity contribution in [2.45, 2.75) is 25.4 Å². The summed E-state index contributed by atoms with van der Waals surface area (Å²) >= 11 is 1.89. The standard InChI is InChI=1S/C15H26N2OS/c1-5-13(11-19-4)17(2)15(10-16)12-6-8-14(18-3)9-7-12/h6-9,13,15H,5,10-11,16H2,1-4H3. The number of methoxy groups -OCH3 is 1. The molecule has 3 nitrogen and oxygen atoms in total. The summed E-state index contributed by atoms with van der Waals surface area (Å²) in [5.41, 5.74) is 7.24. The van der Waals surface area contributed by atoms with Crippen molar-refractivity contribution in [1.82, 2.24) is 4.90 Å². The zero-order valence-corrected chi connectivity index (χ0v) is 13.2. The molecular formula is C15H26N2OS. The van der Waals surface area contributed by atoms with Gasteiger partial charge in [0.2, 0.25) is 0 Å². The molecule has 0 radical (unpaired) electrons. The fourth-order valence-corrected chi connectivity index (χ4v) is 3.19. The molecule has 1 rings (SSSR count). The second-order valence-electron chi connectivity index (χ2n) is 4.71. The van der Waals surface area contributed by atoms with Gasteiger partial charge in [-0.1, -0.05) is 19.1 Å². The van der Waals surface area contributed by atoms with E-state index in [4.69, 9.17) is 10.5 Å². The highest BCUT2D eigenvalue weighted by molar-refractivity contribution is 7.98. The molecule has 0 bridgehead atoms. The summed E-state index contributed by atoms with van der Waals surface area (Å²) in [4.78, 5) is 2.40. The van der Waals surface area contributed by atoms with Crippen LogP contribution in [-0.2, 0) is 0 Å². The first kappa shape index (κ1) is 16.3. The van der Waals surface area contributed by atoms with Gasteiger partial charge in [-0.05, 0) is 37.4 Å². The van der Waals surface area contributed by atoms with Crippen molar-refractivity contribution in [2.75, 3.05) is 32.7 Å². The lowest BCUT2D eigenvalue weighted by Gasteiger charge is -2.34. The van der Waals surface area contributed by atoms with Gasteiger partial charge in [0.15, 0.2) is 0 Å². The van der Waals surface area contributed by atoms with E-state index in [9.17, 15) is 0 Å². The molecule has 0 saturated heterocycles. The Hall–Kier alpha value is -0.710. The minimum absolute atomic E-state index is 0.267. The average Bonchev–Trinajstić information content (AvgIpc) is 2.46. The predicted molar refractivity (Wildman–Crippen MR) is 85.0 cm³/mol. The fraction of sp³-hybridized carbons (Fsp3) is 0.600. The van der Waals surface area contributed by atoms with Crippen molar-refractivity contribution >= 4 is 11.8 Å². The minimum Gasteiger partial charge on any atom is -0.497 e. The summed E-state index contributed by atoms with van der Waals surface area (Å²) in [6.45, 7) is 2.87. The van der Waals surface area contributed by atoms with Crippen LogP contribution >= 0.6 is 11.8 Å². The molecule has 0 spiro atoms. The summed E-state index contributed by atoms with van der Waals surface area (Å²) in [6.07, 6.45) is 3.30. The maximum absolute atomic E-state index is 5.99. The van der Waals surface area contributed by atoms with Gasteiger partial charge in [-0.3, -0.25) is 4.90 Å². The molecule has 0 heterocycles. The summed E-state index contributed by atoms with van der Waals surface area (Å²) < 4.78 is 5.20. The van der Waals surface area contributed by atoms with Crippen molar-refractivity contribution in [1.29, 1.82) is 0 Å². The van der Waals surface area contributed by atoms with Crippen LogP contribution in [0.15, 0.2) is 24.3 Å². The fourth-order valence-electron chi connectivity index (χ4n) is 2.33. The van der Waals surface area contributed by atoms with Gasteiger partial charge >= 0.3 is 0 Å². The molecule has 0 aliphatic carbocycles. The number of hydrogen-bond donors (Lipinski definition) is 1. The molecule has 0 amide bonds. The maximum atomic E-state index is 5.99. The van der Waals surface area contributed by atoms with E-state index in [1.54, 1.807) is 7.11 Å². The van der Waals surface area contributed by atoms with Crippen molar-refractivity contribution in [2.24, 2.45) is 5.73 Å². The van der Waals surface area contributed by atoms with E-state index in [0.717, 1.165) is 17.9 Å². The van der Waals surface area contributed by atoms with E-state index in [1.165, 1.54) is 5.56 Å². The molecule has 2 N–H and O–H groups in total. The van der Waals surface area contributed by atoms with E-state index in [2.05, 4.69) is 37.3 Å². The lowest BCUT2D eigenvalue weighted by Crippen LogP contribution is -2.39. The molecule has 2 atom stereocenters. The maximum Gasteiger partial charge on any atom is 0.118 e. The molecule has 19 heavy (non-hydrogen) atoms. The Morgan fingerprint density at radius 2 is 1.95 bits per heavy atom. The van der Waals surface area contributed by atoms with Crippen molar-refractivity contribution < 1.29 is 4.74 Å². The zero-order chi connectivity index (χ0) is 14.3. The van der Waals surface area contributed by atoms with Crippen LogP contribution in [0.4, 0.5) is 0 Å². The van der Waals surface area contributed by atoms with E-state index in [0.29, 0.717) is 12.6 Å². The van der Waals surface area contributed by atoms with Gasteiger partial charge in [0.1, 0.15) is 5.75 Å². The smallest absolute Gasteiger partial charge is 0.118 e. The largest absolute Gasteiger partial charge is 0.497 e. The Morgan fingerprint density at radius 3 is 2.37 bits per heavy atom. The predicted octanol–water partition coefficient (Wildman–Crippen LogP) is 2.77. The topological polar surface area (TPSA) is 38.5 Å². The van der Waals surface area contributed by atoms with Gasteiger partial charge in [-0.25, -0.2) is 0 Å². The number of likely N-dealkylation sites (N-methyl/N-ethyl adjacent to an activating group) is 1. The van der Waals surface area contributed by atoms with Gasteiger partial charge < -0.3 is 10.5 Å². The summed E-state index contributed by atoms with van der Waals surface area (Å²) in [5, 5.41) is 0. The normalized spacial score (nSPS) is 14.4. The van der Waals surface area contributed by atoms with Gasteiger partial charge in [0.25, 0.3) is 0 Å². The monoisotopic (exact) mass is 282 g/mol. The van der Waals surface area contributed by atoms with Crippen LogP contribution in [0.2, 0.25) is 0 Å². The van der Waals surface area contributed by atoms with E-state index < -0.39 is 0 Å². The second kappa shape index (κ2) is 8.46. The Morgan fingerprint density at radius 1 is 1.32 bits per heavy atom. The Bertz CT molecular complexity index is 356. The van der Waals surface area contributed by atoms with Gasteiger partial charge in [-0.2, -0.15) is 11.8 Å². The van der Waals surface area contributed by atoms with Crippen LogP contribution < -0.4 is 10.5 Å². The van der Waals surface area contributed by atoms with Gasteiger partial charge in [-0.15, -0.1) is 0 Å².